The standard InChI is InChI=1S/C12H24ClNO2S/c1-17(15,16)8-4-7-14-10-12-6-3-2-5-11(12)9-13/h11-12,14H,2-10H2,1H3. The van der Waals surface area contributed by atoms with E-state index in [2.05, 4.69) is 5.32 Å². The van der Waals surface area contributed by atoms with E-state index in [4.69, 9.17) is 11.6 Å². The van der Waals surface area contributed by atoms with Gasteiger partial charge in [0.1, 0.15) is 9.84 Å². The van der Waals surface area contributed by atoms with E-state index in [1.165, 1.54) is 31.9 Å². The van der Waals surface area contributed by atoms with Gasteiger partial charge in [0.15, 0.2) is 0 Å². The molecule has 0 amide bonds. The Kier molecular flexibility index (Phi) is 6.82. The first-order valence-electron chi connectivity index (χ1n) is 6.47. The molecule has 1 fully saturated rings. The van der Waals surface area contributed by atoms with Crippen molar-refractivity contribution in [2.75, 3.05) is 31.0 Å². The molecule has 0 aromatic carbocycles. The van der Waals surface area contributed by atoms with Crippen molar-refractivity contribution in [3.05, 3.63) is 0 Å². The van der Waals surface area contributed by atoms with E-state index in [0.717, 1.165) is 19.0 Å². The quantitative estimate of drug-likeness (QED) is 0.574. The van der Waals surface area contributed by atoms with Crippen molar-refractivity contribution in [1.82, 2.24) is 5.32 Å². The largest absolute Gasteiger partial charge is 0.316 e. The van der Waals surface area contributed by atoms with Crippen molar-refractivity contribution in [1.29, 1.82) is 0 Å². The van der Waals surface area contributed by atoms with E-state index < -0.39 is 9.84 Å². The van der Waals surface area contributed by atoms with Crippen LogP contribution >= 0.6 is 11.6 Å². The molecule has 0 heterocycles. The Bertz CT molecular complexity index is 306. The third-order valence-electron chi connectivity index (χ3n) is 3.54. The van der Waals surface area contributed by atoms with Crippen molar-refractivity contribution in [3.8, 4) is 0 Å². The predicted octanol–water partition coefficient (Wildman–Crippen LogP) is 2.06. The van der Waals surface area contributed by atoms with Crippen LogP contribution in [0.5, 0.6) is 0 Å². The molecule has 3 nitrogen and oxygen atoms in total. The van der Waals surface area contributed by atoms with Gasteiger partial charge in [-0.25, -0.2) is 8.42 Å². The molecule has 1 aliphatic carbocycles. The molecule has 0 aromatic heterocycles. The highest BCUT2D eigenvalue weighted by molar-refractivity contribution is 7.90. The molecule has 5 heteroatoms. The van der Waals surface area contributed by atoms with Crippen LogP contribution in [0.4, 0.5) is 0 Å². The minimum atomic E-state index is -2.81. The lowest BCUT2D eigenvalue weighted by Crippen LogP contribution is -2.32. The van der Waals surface area contributed by atoms with E-state index in [1.54, 1.807) is 0 Å². The van der Waals surface area contributed by atoms with E-state index in [0.29, 0.717) is 18.3 Å². The van der Waals surface area contributed by atoms with Crippen LogP contribution in [-0.4, -0.2) is 39.4 Å². The topological polar surface area (TPSA) is 46.2 Å². The SMILES string of the molecule is CS(=O)(=O)CCCNCC1CCCCC1CCl. The summed E-state index contributed by atoms with van der Waals surface area (Å²) in [6.45, 7) is 1.78. The second-order valence-corrected chi connectivity index (χ2v) is 7.71. The van der Waals surface area contributed by atoms with Crippen LogP contribution in [0.15, 0.2) is 0 Å². The summed E-state index contributed by atoms with van der Waals surface area (Å²) in [7, 11) is -2.81. The summed E-state index contributed by atoms with van der Waals surface area (Å²) in [6.07, 6.45) is 7.12. The summed E-state index contributed by atoms with van der Waals surface area (Å²) < 4.78 is 21.9. The molecule has 2 unspecified atom stereocenters. The van der Waals surface area contributed by atoms with Crippen LogP contribution in [0.3, 0.4) is 0 Å². The maximum absolute atomic E-state index is 10.9. The van der Waals surface area contributed by atoms with Gasteiger partial charge in [0.05, 0.1) is 5.75 Å². The fraction of sp³-hybridized carbons (Fsp3) is 1.00. The van der Waals surface area contributed by atoms with E-state index in [9.17, 15) is 8.42 Å². The molecule has 1 saturated carbocycles. The fourth-order valence-electron chi connectivity index (χ4n) is 2.50. The average Bonchev–Trinajstić information content (AvgIpc) is 2.27. The molecule has 2 atom stereocenters. The molecule has 0 bridgehead atoms. The van der Waals surface area contributed by atoms with Crippen molar-refractivity contribution < 1.29 is 8.42 Å². The van der Waals surface area contributed by atoms with Crippen LogP contribution < -0.4 is 5.32 Å². The van der Waals surface area contributed by atoms with Gasteiger partial charge >= 0.3 is 0 Å². The maximum Gasteiger partial charge on any atom is 0.147 e. The van der Waals surface area contributed by atoms with Gasteiger partial charge in [0, 0.05) is 12.1 Å². The minimum absolute atomic E-state index is 0.281. The van der Waals surface area contributed by atoms with Gasteiger partial charge < -0.3 is 5.32 Å². The molecule has 1 rings (SSSR count). The first kappa shape index (κ1) is 15.3. The highest BCUT2D eigenvalue weighted by Crippen LogP contribution is 2.30. The first-order chi connectivity index (χ1) is 8.03. The lowest BCUT2D eigenvalue weighted by molar-refractivity contribution is 0.251. The summed E-state index contributed by atoms with van der Waals surface area (Å²) >= 11 is 5.97. The monoisotopic (exact) mass is 281 g/mol. The van der Waals surface area contributed by atoms with Crippen LogP contribution in [0.1, 0.15) is 32.1 Å². The Morgan fingerprint density at radius 2 is 1.88 bits per heavy atom. The molecular weight excluding hydrogens is 258 g/mol. The summed E-state index contributed by atoms with van der Waals surface area (Å²) in [6, 6.07) is 0. The predicted molar refractivity (Wildman–Crippen MR) is 73.4 cm³/mol. The molecule has 0 saturated heterocycles. The minimum Gasteiger partial charge on any atom is -0.316 e. The van der Waals surface area contributed by atoms with E-state index in [-0.39, 0.29) is 5.75 Å². The summed E-state index contributed by atoms with van der Waals surface area (Å²) in [5.74, 6) is 2.37. The fourth-order valence-corrected chi connectivity index (χ4v) is 3.58. The Morgan fingerprint density at radius 3 is 2.47 bits per heavy atom. The van der Waals surface area contributed by atoms with Crippen LogP contribution in [0.25, 0.3) is 0 Å². The van der Waals surface area contributed by atoms with Gasteiger partial charge in [-0.3, -0.25) is 0 Å². The third-order valence-corrected chi connectivity index (χ3v) is 4.97. The number of hydrogen-bond donors (Lipinski definition) is 1. The molecule has 1 aliphatic rings. The van der Waals surface area contributed by atoms with Crippen molar-refractivity contribution in [2.24, 2.45) is 11.8 Å². The normalized spacial score (nSPS) is 26.0. The highest BCUT2D eigenvalue weighted by Gasteiger charge is 2.23. The lowest BCUT2D eigenvalue weighted by atomic mass is 9.80. The molecule has 0 aliphatic heterocycles. The zero-order valence-electron chi connectivity index (χ0n) is 10.6. The number of nitrogens with one attached hydrogen (secondary N) is 1. The van der Waals surface area contributed by atoms with E-state index in [1.807, 2.05) is 0 Å². The second-order valence-electron chi connectivity index (χ2n) is 5.15. The Balaban J connectivity index is 2.12. The number of sulfone groups is 1. The van der Waals surface area contributed by atoms with E-state index >= 15 is 0 Å². The van der Waals surface area contributed by atoms with Crippen molar-refractivity contribution in [3.63, 3.8) is 0 Å². The molecule has 0 aromatic rings. The molecule has 1 N–H and O–H groups in total. The number of hydrogen-bond acceptors (Lipinski definition) is 3. The van der Waals surface area contributed by atoms with Crippen LogP contribution in [-0.2, 0) is 9.84 Å². The van der Waals surface area contributed by atoms with Gasteiger partial charge in [-0.15, -0.1) is 11.6 Å². The molecule has 17 heavy (non-hydrogen) atoms. The second kappa shape index (κ2) is 7.59. The smallest absolute Gasteiger partial charge is 0.147 e. The Morgan fingerprint density at radius 1 is 1.24 bits per heavy atom. The van der Waals surface area contributed by atoms with Crippen LogP contribution in [0.2, 0.25) is 0 Å². The molecular formula is C12H24ClNO2S. The van der Waals surface area contributed by atoms with Crippen molar-refractivity contribution >= 4 is 21.4 Å². The van der Waals surface area contributed by atoms with Gasteiger partial charge in [0.25, 0.3) is 0 Å². The maximum atomic E-state index is 10.9. The Hall–Kier alpha value is 0.200. The van der Waals surface area contributed by atoms with Crippen LogP contribution in [0, 0.1) is 11.8 Å². The molecule has 102 valence electrons. The van der Waals surface area contributed by atoms with Crippen molar-refractivity contribution in [2.45, 2.75) is 32.1 Å². The summed E-state index contributed by atoms with van der Waals surface area (Å²) in [5, 5.41) is 3.37. The number of rotatable bonds is 7. The van der Waals surface area contributed by atoms with Gasteiger partial charge in [-0.1, -0.05) is 12.8 Å². The van der Waals surface area contributed by atoms with Gasteiger partial charge in [-0.05, 0) is 44.2 Å². The lowest BCUT2D eigenvalue weighted by Gasteiger charge is -2.30. The number of halogens is 1. The zero-order chi connectivity index (χ0) is 12.7. The summed E-state index contributed by atoms with van der Waals surface area (Å²) in [5.41, 5.74) is 0. The highest BCUT2D eigenvalue weighted by atomic mass is 35.5. The molecule has 0 spiro atoms. The zero-order valence-corrected chi connectivity index (χ0v) is 12.2. The van der Waals surface area contributed by atoms with Gasteiger partial charge in [0.2, 0.25) is 0 Å². The summed E-state index contributed by atoms with van der Waals surface area (Å²) in [4.78, 5) is 0. The Labute approximate surface area is 110 Å². The first-order valence-corrected chi connectivity index (χ1v) is 9.07. The average molecular weight is 282 g/mol. The molecule has 0 radical (unpaired) electrons. The van der Waals surface area contributed by atoms with Gasteiger partial charge in [-0.2, -0.15) is 0 Å². The number of alkyl halides is 1. The third kappa shape index (κ3) is 6.63.